The molecule has 0 spiro atoms. The second kappa shape index (κ2) is 4.90. The molecule has 0 unspecified atom stereocenters. The third-order valence-electron chi connectivity index (χ3n) is 2.86. The van der Waals surface area contributed by atoms with Crippen LogP contribution in [0.3, 0.4) is 0 Å². The molecule has 0 aliphatic heterocycles. The first-order valence-corrected chi connectivity index (χ1v) is 8.67. The zero-order valence-corrected chi connectivity index (χ0v) is 12.2. The summed E-state index contributed by atoms with van der Waals surface area (Å²) < 4.78 is 0. The van der Waals surface area contributed by atoms with Crippen LogP contribution in [-0.2, 0) is 0 Å². The number of hydrogen-bond acceptors (Lipinski definition) is 3. The fraction of sp³-hybridized carbons (Fsp3) is 0.0769. The number of thiol groups is 2. The topological polar surface area (TPSA) is 20.2 Å². The van der Waals surface area contributed by atoms with E-state index in [1.807, 2.05) is 55.1 Å². The second-order valence-electron chi connectivity index (χ2n) is 4.11. The van der Waals surface area contributed by atoms with E-state index in [-0.39, 0.29) is 0 Å². The van der Waals surface area contributed by atoms with Crippen LogP contribution in [0.25, 0.3) is 0 Å². The smallest absolute Gasteiger partial charge is 0.251 e. The van der Waals surface area contributed by atoms with Crippen molar-refractivity contribution in [3.05, 3.63) is 48.5 Å². The fourth-order valence-electron chi connectivity index (χ4n) is 1.92. The van der Waals surface area contributed by atoms with Gasteiger partial charge in [0.05, 0.1) is 0 Å². The minimum absolute atomic E-state index is 0.834. The number of rotatable bonds is 2. The molecule has 1 nitrogen and oxygen atoms in total. The largest absolute Gasteiger partial charge is 0.424 e. The van der Waals surface area contributed by atoms with Gasteiger partial charge in [0.2, 0.25) is 0 Å². The lowest BCUT2D eigenvalue weighted by Crippen LogP contribution is -2.57. The molecule has 0 saturated heterocycles. The Balaban J connectivity index is 2.58. The van der Waals surface area contributed by atoms with E-state index in [0.29, 0.717) is 0 Å². The molecule has 0 saturated carbocycles. The maximum absolute atomic E-state index is 10.9. The van der Waals surface area contributed by atoms with E-state index in [0.717, 1.165) is 20.2 Å². The molecule has 0 bridgehead atoms. The van der Waals surface area contributed by atoms with Crippen LogP contribution in [0.15, 0.2) is 58.3 Å². The van der Waals surface area contributed by atoms with Crippen molar-refractivity contribution in [2.75, 3.05) is 0 Å². The predicted octanol–water partition coefficient (Wildman–Crippen LogP) is 1.95. The Morgan fingerprint density at radius 1 is 0.824 bits per heavy atom. The van der Waals surface area contributed by atoms with E-state index < -0.39 is 8.32 Å². The molecule has 88 valence electrons. The van der Waals surface area contributed by atoms with Crippen molar-refractivity contribution in [1.82, 2.24) is 0 Å². The summed E-state index contributed by atoms with van der Waals surface area (Å²) in [6.45, 7) is 1.90. The Bertz CT molecular complexity index is 493. The highest BCUT2D eigenvalue weighted by Crippen LogP contribution is 2.13. The highest BCUT2D eigenvalue weighted by molar-refractivity contribution is 7.81. The molecule has 2 rings (SSSR count). The van der Waals surface area contributed by atoms with Crippen molar-refractivity contribution >= 4 is 43.9 Å². The molecule has 2 aromatic rings. The lowest BCUT2D eigenvalue weighted by molar-refractivity contribution is 0.574. The van der Waals surface area contributed by atoms with Gasteiger partial charge in [-0.05, 0) is 29.1 Å². The van der Waals surface area contributed by atoms with Gasteiger partial charge in [-0.25, -0.2) is 0 Å². The molecular weight excluding hydrogens is 264 g/mol. The fourth-order valence-corrected chi connectivity index (χ4v) is 5.84. The van der Waals surface area contributed by atoms with Gasteiger partial charge in [-0.3, -0.25) is 0 Å². The van der Waals surface area contributed by atoms with Crippen molar-refractivity contribution < 1.29 is 4.80 Å². The van der Waals surface area contributed by atoms with Crippen LogP contribution in [0.4, 0.5) is 0 Å². The third-order valence-corrected chi connectivity index (χ3v) is 7.03. The lowest BCUT2D eigenvalue weighted by Gasteiger charge is -2.24. The first-order chi connectivity index (χ1) is 8.03. The minimum atomic E-state index is -2.70. The first-order valence-electron chi connectivity index (χ1n) is 5.33. The quantitative estimate of drug-likeness (QED) is 0.566. The minimum Gasteiger partial charge on any atom is -0.424 e. The first kappa shape index (κ1) is 12.8. The van der Waals surface area contributed by atoms with E-state index >= 15 is 0 Å². The van der Waals surface area contributed by atoms with Gasteiger partial charge in [0.25, 0.3) is 8.32 Å². The number of benzene rings is 2. The van der Waals surface area contributed by atoms with Crippen LogP contribution in [0, 0.1) is 0 Å². The van der Waals surface area contributed by atoms with Crippen molar-refractivity contribution in [3.63, 3.8) is 0 Å². The summed E-state index contributed by atoms with van der Waals surface area (Å²) in [5.41, 5.74) is 0. The predicted molar refractivity (Wildman–Crippen MR) is 80.5 cm³/mol. The summed E-state index contributed by atoms with van der Waals surface area (Å²) in [7, 11) is -2.70. The Morgan fingerprint density at radius 2 is 1.18 bits per heavy atom. The van der Waals surface area contributed by atoms with Gasteiger partial charge in [0.15, 0.2) is 0 Å². The summed E-state index contributed by atoms with van der Waals surface area (Å²) in [5.74, 6) is 0. The molecule has 0 aromatic heterocycles. The summed E-state index contributed by atoms with van der Waals surface area (Å²) in [5, 5.41) is 1.84. The summed E-state index contributed by atoms with van der Waals surface area (Å²) in [4.78, 5) is 12.5. The van der Waals surface area contributed by atoms with Gasteiger partial charge in [0, 0.05) is 9.79 Å². The van der Waals surface area contributed by atoms with Gasteiger partial charge in [-0.2, -0.15) is 0 Å². The molecule has 2 aromatic carbocycles. The maximum atomic E-state index is 10.9. The van der Waals surface area contributed by atoms with Crippen LogP contribution in [0.1, 0.15) is 0 Å². The van der Waals surface area contributed by atoms with E-state index in [9.17, 15) is 4.80 Å². The zero-order chi connectivity index (χ0) is 12.5. The highest BCUT2D eigenvalue weighted by Gasteiger charge is 2.32. The van der Waals surface area contributed by atoms with E-state index in [2.05, 4.69) is 25.3 Å². The normalized spacial score (nSPS) is 11.5. The van der Waals surface area contributed by atoms with Gasteiger partial charge < -0.3 is 4.80 Å². The van der Waals surface area contributed by atoms with E-state index in [1.165, 1.54) is 0 Å². The van der Waals surface area contributed by atoms with Gasteiger partial charge >= 0.3 is 0 Å². The molecule has 0 radical (unpaired) electrons. The molecule has 0 aliphatic carbocycles. The molecule has 0 aliphatic rings. The van der Waals surface area contributed by atoms with Crippen molar-refractivity contribution in [3.8, 4) is 0 Å². The summed E-state index contributed by atoms with van der Waals surface area (Å²) in [6, 6.07) is 15.4. The lowest BCUT2D eigenvalue weighted by atomic mass is 10.3. The van der Waals surface area contributed by atoms with Crippen LogP contribution < -0.4 is 10.4 Å². The van der Waals surface area contributed by atoms with Gasteiger partial charge in [-0.1, -0.05) is 36.4 Å². The molecule has 0 heterocycles. The zero-order valence-electron chi connectivity index (χ0n) is 9.46. The average molecular weight is 278 g/mol. The van der Waals surface area contributed by atoms with Gasteiger partial charge in [-0.15, -0.1) is 25.3 Å². The number of hydrogen-bond donors (Lipinski definition) is 3. The van der Waals surface area contributed by atoms with E-state index in [1.54, 1.807) is 0 Å². The summed E-state index contributed by atoms with van der Waals surface area (Å²) in [6.07, 6.45) is 0. The Kier molecular flexibility index (Phi) is 3.68. The van der Waals surface area contributed by atoms with Crippen LogP contribution in [0.5, 0.6) is 0 Å². The van der Waals surface area contributed by atoms with Crippen molar-refractivity contribution in [2.24, 2.45) is 0 Å². The van der Waals surface area contributed by atoms with E-state index in [4.69, 9.17) is 0 Å². The van der Waals surface area contributed by atoms with Gasteiger partial charge in [0.1, 0.15) is 0 Å². The SMILES string of the molecule is C[Si](O)(c1ccccc1S)c1ccccc1S. The monoisotopic (exact) mass is 278 g/mol. The molecule has 4 heteroatoms. The van der Waals surface area contributed by atoms with Crippen LogP contribution >= 0.6 is 25.3 Å². The van der Waals surface area contributed by atoms with Crippen LogP contribution in [-0.4, -0.2) is 13.1 Å². The molecule has 0 amide bonds. The molecule has 0 fully saturated rings. The standard InChI is InChI=1S/C13H14OS2Si/c1-17(14,12-8-4-2-6-10(12)15)13-9-5-3-7-11(13)16/h2-9,14-16H,1H3. The molecule has 17 heavy (non-hydrogen) atoms. The Morgan fingerprint density at radius 3 is 1.53 bits per heavy atom. The highest BCUT2D eigenvalue weighted by atomic mass is 32.1. The van der Waals surface area contributed by atoms with Crippen LogP contribution in [0.2, 0.25) is 6.55 Å². The van der Waals surface area contributed by atoms with Crippen molar-refractivity contribution in [2.45, 2.75) is 16.3 Å². The molecule has 0 atom stereocenters. The maximum Gasteiger partial charge on any atom is 0.251 e. The molecule has 1 N–H and O–H groups in total. The third kappa shape index (κ3) is 2.45. The summed E-state index contributed by atoms with van der Waals surface area (Å²) >= 11 is 8.85. The Hall–Kier alpha value is -0.683. The molecular formula is C13H14OS2Si. The second-order valence-corrected chi connectivity index (χ2v) is 8.29. The average Bonchev–Trinajstić information content (AvgIpc) is 2.29. The van der Waals surface area contributed by atoms with Crippen molar-refractivity contribution in [1.29, 1.82) is 0 Å². The Labute approximate surface area is 113 Å².